The third kappa shape index (κ3) is 5.52. The second kappa shape index (κ2) is 9.48. The van der Waals surface area contributed by atoms with Gasteiger partial charge < -0.3 is 10.6 Å². The average molecular weight is 416 g/mol. The lowest BCUT2D eigenvalue weighted by Crippen LogP contribution is -2.36. The minimum atomic E-state index is -3.57. The van der Waals surface area contributed by atoms with Crippen LogP contribution in [0, 0.1) is 0 Å². The van der Waals surface area contributed by atoms with Gasteiger partial charge in [-0.05, 0) is 55.1 Å². The number of halogens is 1. The average Bonchev–Trinajstić information content (AvgIpc) is 3.29. The Balaban J connectivity index is 0.00000243. The Labute approximate surface area is 163 Å². The van der Waals surface area contributed by atoms with Gasteiger partial charge in [-0.1, -0.05) is 6.07 Å². The zero-order valence-corrected chi connectivity index (χ0v) is 16.6. The van der Waals surface area contributed by atoms with Gasteiger partial charge in [0.1, 0.15) is 0 Å². The molecule has 2 heterocycles. The summed E-state index contributed by atoms with van der Waals surface area (Å²) in [5, 5.41) is 8.09. The van der Waals surface area contributed by atoms with Gasteiger partial charge in [0.05, 0.1) is 4.90 Å². The first-order valence-electron chi connectivity index (χ1n) is 8.18. The Morgan fingerprint density at radius 2 is 2.00 bits per heavy atom. The Morgan fingerprint density at radius 3 is 2.62 bits per heavy atom. The Bertz CT molecular complexity index is 802. The quantitative estimate of drug-likeness (QED) is 0.643. The standard InChI is InChI=1S/C17H21N3O3S2.ClH/c21-17(20-14-7-9-18-12-14)13-3-5-16(6-4-13)25(22,23)19-10-8-15-2-1-11-24-15;/h1-6,11,14,18-19H,7-10,12H2,(H,20,21);1H. The van der Waals surface area contributed by atoms with E-state index in [1.54, 1.807) is 23.5 Å². The van der Waals surface area contributed by atoms with Gasteiger partial charge in [-0.3, -0.25) is 4.79 Å². The summed E-state index contributed by atoms with van der Waals surface area (Å²) in [6.07, 6.45) is 1.57. The molecule has 0 bridgehead atoms. The van der Waals surface area contributed by atoms with Crippen molar-refractivity contribution < 1.29 is 13.2 Å². The molecule has 142 valence electrons. The molecular formula is C17H22ClN3O3S2. The van der Waals surface area contributed by atoms with Crippen LogP contribution in [-0.4, -0.2) is 40.0 Å². The Kier molecular flexibility index (Phi) is 7.60. The van der Waals surface area contributed by atoms with E-state index in [9.17, 15) is 13.2 Å². The van der Waals surface area contributed by atoms with Crippen LogP contribution in [0.3, 0.4) is 0 Å². The van der Waals surface area contributed by atoms with Crippen LogP contribution >= 0.6 is 23.7 Å². The lowest BCUT2D eigenvalue weighted by molar-refractivity contribution is 0.0940. The van der Waals surface area contributed by atoms with Crippen molar-refractivity contribution >= 4 is 39.7 Å². The summed E-state index contributed by atoms with van der Waals surface area (Å²) in [7, 11) is -3.57. The van der Waals surface area contributed by atoms with Gasteiger partial charge in [0, 0.05) is 29.6 Å². The molecule has 1 unspecified atom stereocenters. The molecule has 1 amide bonds. The van der Waals surface area contributed by atoms with E-state index in [1.807, 2.05) is 17.5 Å². The molecule has 1 aliphatic heterocycles. The molecule has 6 nitrogen and oxygen atoms in total. The minimum absolute atomic E-state index is 0. The van der Waals surface area contributed by atoms with E-state index in [0.29, 0.717) is 18.5 Å². The molecule has 9 heteroatoms. The van der Waals surface area contributed by atoms with Crippen molar-refractivity contribution in [3.05, 3.63) is 52.2 Å². The zero-order chi connectivity index (χ0) is 17.7. The maximum atomic E-state index is 12.3. The maximum Gasteiger partial charge on any atom is 0.251 e. The number of thiophene rings is 1. The number of amides is 1. The van der Waals surface area contributed by atoms with Crippen molar-refractivity contribution in [2.75, 3.05) is 19.6 Å². The van der Waals surface area contributed by atoms with Crippen LogP contribution < -0.4 is 15.4 Å². The van der Waals surface area contributed by atoms with Gasteiger partial charge in [0.2, 0.25) is 10.0 Å². The summed E-state index contributed by atoms with van der Waals surface area (Å²) in [6.45, 7) is 2.02. The molecule has 0 radical (unpaired) electrons. The molecule has 1 saturated heterocycles. The number of sulfonamides is 1. The number of rotatable bonds is 7. The Morgan fingerprint density at radius 1 is 1.23 bits per heavy atom. The first kappa shape index (κ1) is 20.9. The molecule has 3 N–H and O–H groups in total. The second-order valence-corrected chi connectivity index (χ2v) is 8.71. The topological polar surface area (TPSA) is 87.3 Å². The third-order valence-electron chi connectivity index (χ3n) is 4.07. The fourth-order valence-electron chi connectivity index (χ4n) is 2.68. The zero-order valence-electron chi connectivity index (χ0n) is 14.1. The molecule has 1 aromatic heterocycles. The molecule has 2 aromatic rings. The lowest BCUT2D eigenvalue weighted by Gasteiger charge is -2.12. The fourth-order valence-corrected chi connectivity index (χ4v) is 4.42. The molecule has 1 aromatic carbocycles. The fraction of sp³-hybridized carbons (Fsp3) is 0.353. The van der Waals surface area contributed by atoms with Gasteiger partial charge in [-0.15, -0.1) is 23.7 Å². The van der Waals surface area contributed by atoms with E-state index in [0.717, 1.165) is 24.4 Å². The highest BCUT2D eigenvalue weighted by molar-refractivity contribution is 7.89. The van der Waals surface area contributed by atoms with Crippen molar-refractivity contribution in [1.82, 2.24) is 15.4 Å². The van der Waals surface area contributed by atoms with Crippen LogP contribution in [0.2, 0.25) is 0 Å². The number of hydrogen-bond acceptors (Lipinski definition) is 5. The largest absolute Gasteiger partial charge is 0.348 e. The number of carbonyl (C=O) groups is 1. The smallest absolute Gasteiger partial charge is 0.251 e. The predicted molar refractivity (Wildman–Crippen MR) is 106 cm³/mol. The summed E-state index contributed by atoms with van der Waals surface area (Å²) in [5.74, 6) is -0.177. The SMILES string of the molecule is Cl.O=C(NC1CCNC1)c1ccc(S(=O)(=O)NCCc2cccs2)cc1. The van der Waals surface area contributed by atoms with Crippen LogP contribution in [0.4, 0.5) is 0 Å². The molecule has 26 heavy (non-hydrogen) atoms. The van der Waals surface area contributed by atoms with Crippen LogP contribution in [0.15, 0.2) is 46.7 Å². The van der Waals surface area contributed by atoms with E-state index in [2.05, 4.69) is 15.4 Å². The summed E-state index contributed by atoms with van der Waals surface area (Å²) >= 11 is 1.60. The molecular weight excluding hydrogens is 394 g/mol. The van der Waals surface area contributed by atoms with Gasteiger partial charge >= 0.3 is 0 Å². The number of carbonyl (C=O) groups excluding carboxylic acids is 1. The van der Waals surface area contributed by atoms with Crippen LogP contribution in [-0.2, 0) is 16.4 Å². The summed E-state index contributed by atoms with van der Waals surface area (Å²) in [4.78, 5) is 13.5. The lowest BCUT2D eigenvalue weighted by atomic mass is 10.2. The van der Waals surface area contributed by atoms with E-state index < -0.39 is 10.0 Å². The van der Waals surface area contributed by atoms with E-state index in [-0.39, 0.29) is 29.3 Å². The van der Waals surface area contributed by atoms with Gasteiger partial charge in [-0.2, -0.15) is 0 Å². The van der Waals surface area contributed by atoms with E-state index in [1.165, 1.54) is 12.1 Å². The van der Waals surface area contributed by atoms with Gasteiger partial charge in [0.15, 0.2) is 0 Å². The van der Waals surface area contributed by atoms with Crippen LogP contribution in [0.1, 0.15) is 21.7 Å². The van der Waals surface area contributed by atoms with Crippen molar-refractivity contribution in [3.8, 4) is 0 Å². The second-order valence-electron chi connectivity index (χ2n) is 5.91. The molecule has 1 atom stereocenters. The minimum Gasteiger partial charge on any atom is -0.348 e. The molecule has 1 fully saturated rings. The maximum absolute atomic E-state index is 12.3. The van der Waals surface area contributed by atoms with E-state index >= 15 is 0 Å². The van der Waals surface area contributed by atoms with Crippen LogP contribution in [0.25, 0.3) is 0 Å². The predicted octanol–water partition coefficient (Wildman–Crippen LogP) is 1.78. The van der Waals surface area contributed by atoms with Crippen LogP contribution in [0.5, 0.6) is 0 Å². The highest BCUT2D eigenvalue weighted by Crippen LogP contribution is 2.12. The monoisotopic (exact) mass is 415 g/mol. The molecule has 1 aliphatic rings. The third-order valence-corrected chi connectivity index (χ3v) is 6.48. The molecule has 0 saturated carbocycles. The van der Waals surface area contributed by atoms with Crippen molar-refractivity contribution in [2.24, 2.45) is 0 Å². The Hall–Kier alpha value is -1.45. The summed E-state index contributed by atoms with van der Waals surface area (Å²) in [5.41, 5.74) is 0.462. The highest BCUT2D eigenvalue weighted by Gasteiger charge is 2.18. The van der Waals surface area contributed by atoms with Crippen molar-refractivity contribution in [3.63, 3.8) is 0 Å². The summed E-state index contributed by atoms with van der Waals surface area (Å²) < 4.78 is 27.2. The van der Waals surface area contributed by atoms with Crippen molar-refractivity contribution in [2.45, 2.75) is 23.8 Å². The number of hydrogen-bond donors (Lipinski definition) is 3. The first-order chi connectivity index (χ1) is 12.0. The van der Waals surface area contributed by atoms with Gasteiger partial charge in [0.25, 0.3) is 5.91 Å². The first-order valence-corrected chi connectivity index (χ1v) is 10.5. The molecule has 3 rings (SSSR count). The van der Waals surface area contributed by atoms with Gasteiger partial charge in [-0.25, -0.2) is 13.1 Å². The normalized spacial score (nSPS) is 16.8. The number of benzene rings is 1. The van der Waals surface area contributed by atoms with E-state index in [4.69, 9.17) is 0 Å². The van der Waals surface area contributed by atoms with Crippen molar-refractivity contribution in [1.29, 1.82) is 0 Å². The molecule has 0 spiro atoms. The molecule has 0 aliphatic carbocycles. The summed E-state index contributed by atoms with van der Waals surface area (Å²) in [6, 6.07) is 10.1. The number of nitrogens with one attached hydrogen (secondary N) is 3. The highest BCUT2D eigenvalue weighted by atomic mass is 35.5.